The van der Waals surface area contributed by atoms with Gasteiger partial charge in [-0.1, -0.05) is 6.07 Å². The summed E-state index contributed by atoms with van der Waals surface area (Å²) in [6, 6.07) is 9.87. The van der Waals surface area contributed by atoms with Crippen LogP contribution in [0.15, 0.2) is 30.3 Å². The standard InChI is InChI=1S/C7H7.C3H4O4.K/c1-7-5-3-2-4-6-7;4-2(5)1-3(6)7;/h2-6H,1H2;1H2,(H,4,5)(H,6,7);/q-1;;+1. The maximum atomic E-state index is 9.43. The number of carboxylic acid groups (broad SMARTS) is 2. The number of hydrogen-bond donors (Lipinski definition) is 2. The molecule has 0 aliphatic carbocycles. The van der Waals surface area contributed by atoms with Crippen LogP contribution in [0.2, 0.25) is 0 Å². The first-order valence-corrected chi connectivity index (χ1v) is 3.83. The van der Waals surface area contributed by atoms with Crippen molar-refractivity contribution in [3.63, 3.8) is 0 Å². The van der Waals surface area contributed by atoms with Crippen LogP contribution >= 0.6 is 0 Å². The number of benzene rings is 1. The van der Waals surface area contributed by atoms with Crippen molar-refractivity contribution in [2.24, 2.45) is 0 Å². The summed E-state index contributed by atoms with van der Waals surface area (Å²) in [6.45, 7) is 3.72. The summed E-state index contributed by atoms with van der Waals surface area (Å²) >= 11 is 0. The first-order chi connectivity index (χ1) is 6.52. The van der Waals surface area contributed by atoms with Crippen molar-refractivity contribution in [2.75, 3.05) is 0 Å². The van der Waals surface area contributed by atoms with Crippen LogP contribution in [0.1, 0.15) is 12.0 Å². The smallest absolute Gasteiger partial charge is 0.481 e. The van der Waals surface area contributed by atoms with Crippen molar-refractivity contribution < 1.29 is 71.2 Å². The Balaban J connectivity index is 0. The van der Waals surface area contributed by atoms with Gasteiger partial charge in [0, 0.05) is 0 Å². The van der Waals surface area contributed by atoms with Gasteiger partial charge in [0.25, 0.3) is 0 Å². The maximum absolute atomic E-state index is 9.43. The molecule has 0 unspecified atom stereocenters. The SMILES string of the molecule is O=C(O)CC(=O)O.[CH2-]c1ccccc1.[K+]. The molecule has 0 aliphatic rings. The van der Waals surface area contributed by atoms with Crippen LogP contribution in [0.5, 0.6) is 0 Å². The number of rotatable bonds is 2. The molecule has 1 rings (SSSR count). The van der Waals surface area contributed by atoms with Crippen molar-refractivity contribution >= 4 is 11.9 Å². The summed E-state index contributed by atoms with van der Waals surface area (Å²) in [6.07, 6.45) is -0.806. The van der Waals surface area contributed by atoms with Crippen LogP contribution in [-0.2, 0) is 9.59 Å². The molecule has 0 saturated heterocycles. The molecule has 0 atom stereocenters. The van der Waals surface area contributed by atoms with Gasteiger partial charge in [0.05, 0.1) is 0 Å². The molecule has 0 radical (unpaired) electrons. The van der Waals surface area contributed by atoms with E-state index in [2.05, 4.69) is 6.92 Å². The van der Waals surface area contributed by atoms with Crippen LogP contribution in [0.3, 0.4) is 0 Å². The quantitative estimate of drug-likeness (QED) is 0.368. The molecule has 5 heteroatoms. The zero-order valence-electron chi connectivity index (χ0n) is 8.51. The first kappa shape index (κ1) is 17.1. The second-order valence-corrected chi connectivity index (χ2v) is 2.45. The van der Waals surface area contributed by atoms with Gasteiger partial charge in [0.1, 0.15) is 6.42 Å². The molecule has 0 aliphatic heterocycles. The fraction of sp³-hybridized carbons (Fsp3) is 0.100. The average molecular weight is 234 g/mol. The zero-order chi connectivity index (χ0) is 11.0. The normalized spacial score (nSPS) is 7.73. The van der Waals surface area contributed by atoms with Gasteiger partial charge >= 0.3 is 63.3 Å². The van der Waals surface area contributed by atoms with Crippen molar-refractivity contribution in [3.05, 3.63) is 42.8 Å². The summed E-state index contributed by atoms with van der Waals surface area (Å²) in [5, 5.41) is 15.4. The molecule has 0 aromatic heterocycles. The van der Waals surface area contributed by atoms with Crippen LogP contribution in [0, 0.1) is 6.92 Å². The third-order valence-electron chi connectivity index (χ3n) is 1.15. The van der Waals surface area contributed by atoms with Crippen molar-refractivity contribution in [2.45, 2.75) is 6.42 Å². The van der Waals surface area contributed by atoms with E-state index in [0.717, 1.165) is 5.56 Å². The minimum Gasteiger partial charge on any atom is -0.481 e. The van der Waals surface area contributed by atoms with E-state index in [0.29, 0.717) is 0 Å². The van der Waals surface area contributed by atoms with Crippen molar-refractivity contribution in [1.29, 1.82) is 0 Å². The van der Waals surface area contributed by atoms with E-state index in [-0.39, 0.29) is 51.4 Å². The summed E-state index contributed by atoms with van der Waals surface area (Å²) in [4.78, 5) is 18.9. The number of carbonyl (C=O) groups is 2. The van der Waals surface area contributed by atoms with Gasteiger partial charge in [-0.15, -0.1) is 12.1 Å². The predicted octanol–water partition coefficient (Wildman–Crippen LogP) is -1.58. The van der Waals surface area contributed by atoms with Crippen molar-refractivity contribution in [3.8, 4) is 0 Å². The molecular formula is C10H11KO4. The Morgan fingerprint density at radius 2 is 1.47 bits per heavy atom. The third-order valence-corrected chi connectivity index (χ3v) is 1.15. The Morgan fingerprint density at radius 3 is 1.60 bits per heavy atom. The summed E-state index contributed by atoms with van der Waals surface area (Å²) in [7, 11) is 0. The van der Waals surface area contributed by atoms with Crippen LogP contribution in [0.25, 0.3) is 0 Å². The molecule has 15 heavy (non-hydrogen) atoms. The Hall–Kier alpha value is -0.334. The van der Waals surface area contributed by atoms with Gasteiger partial charge in [-0.25, -0.2) is 0 Å². The van der Waals surface area contributed by atoms with Gasteiger partial charge in [-0.2, -0.15) is 24.6 Å². The fourth-order valence-electron chi connectivity index (χ4n) is 0.607. The minimum atomic E-state index is -1.31. The van der Waals surface area contributed by atoms with E-state index in [4.69, 9.17) is 10.2 Å². The van der Waals surface area contributed by atoms with E-state index in [9.17, 15) is 9.59 Å². The van der Waals surface area contributed by atoms with Gasteiger partial charge in [0.15, 0.2) is 0 Å². The molecule has 2 N–H and O–H groups in total. The first-order valence-electron chi connectivity index (χ1n) is 3.83. The second kappa shape index (κ2) is 10.2. The molecule has 1 aromatic carbocycles. The van der Waals surface area contributed by atoms with Gasteiger partial charge < -0.3 is 10.2 Å². The van der Waals surface area contributed by atoms with Gasteiger partial charge in [-0.3, -0.25) is 9.59 Å². The minimum absolute atomic E-state index is 0. The largest absolute Gasteiger partial charge is 1.00 e. The summed E-state index contributed by atoms with van der Waals surface area (Å²) < 4.78 is 0. The molecule has 4 nitrogen and oxygen atoms in total. The van der Waals surface area contributed by atoms with E-state index in [1.54, 1.807) is 0 Å². The molecular weight excluding hydrogens is 223 g/mol. The monoisotopic (exact) mass is 234 g/mol. The predicted molar refractivity (Wildman–Crippen MR) is 50.8 cm³/mol. The molecule has 0 amide bonds. The van der Waals surface area contributed by atoms with E-state index < -0.39 is 18.4 Å². The molecule has 1 aromatic rings. The number of carboxylic acids is 2. The van der Waals surface area contributed by atoms with Gasteiger partial charge in [-0.05, 0) is 0 Å². The molecule has 0 saturated carbocycles. The number of aliphatic carboxylic acids is 2. The summed E-state index contributed by atoms with van der Waals surface area (Å²) in [5.41, 5.74) is 1.07. The molecule has 0 spiro atoms. The maximum Gasteiger partial charge on any atom is 1.00 e. The second-order valence-electron chi connectivity index (χ2n) is 2.45. The molecule has 0 fully saturated rings. The fourth-order valence-corrected chi connectivity index (χ4v) is 0.607. The van der Waals surface area contributed by atoms with Crippen LogP contribution in [-0.4, -0.2) is 22.2 Å². The van der Waals surface area contributed by atoms with E-state index in [1.807, 2.05) is 30.3 Å². The molecule has 0 heterocycles. The Labute approximate surface area is 131 Å². The topological polar surface area (TPSA) is 74.6 Å². The Kier molecular flexibility index (Phi) is 11.6. The van der Waals surface area contributed by atoms with Crippen molar-refractivity contribution in [1.82, 2.24) is 0 Å². The number of hydrogen-bond acceptors (Lipinski definition) is 2. The van der Waals surface area contributed by atoms with Gasteiger partial charge in [0.2, 0.25) is 0 Å². The summed E-state index contributed by atoms with van der Waals surface area (Å²) in [5.74, 6) is -2.62. The zero-order valence-corrected chi connectivity index (χ0v) is 11.6. The van der Waals surface area contributed by atoms with Crippen LogP contribution in [0.4, 0.5) is 0 Å². The van der Waals surface area contributed by atoms with Crippen LogP contribution < -0.4 is 51.4 Å². The third kappa shape index (κ3) is 13.7. The Bertz CT molecular complexity index is 286. The van der Waals surface area contributed by atoms with E-state index in [1.165, 1.54) is 0 Å². The average Bonchev–Trinajstić information content (AvgIpc) is 2.03. The Morgan fingerprint density at radius 1 is 1.07 bits per heavy atom. The molecule has 76 valence electrons. The molecule has 0 bridgehead atoms. The van der Waals surface area contributed by atoms with E-state index >= 15 is 0 Å².